The van der Waals surface area contributed by atoms with E-state index < -0.39 is 12.0 Å². The van der Waals surface area contributed by atoms with Gasteiger partial charge in [0.05, 0.1) is 18.7 Å². The number of fused-ring (bicyclic) bond motifs is 1. The number of likely N-dealkylation sites (tertiary alicyclic amines) is 1. The van der Waals surface area contributed by atoms with E-state index in [1.54, 1.807) is 36.5 Å². The third-order valence-electron chi connectivity index (χ3n) is 7.59. The first kappa shape index (κ1) is 27.3. The lowest BCUT2D eigenvalue weighted by atomic mass is 9.81. The van der Waals surface area contributed by atoms with Gasteiger partial charge in [-0.15, -0.1) is 0 Å². The molecule has 1 saturated heterocycles. The Kier molecular flexibility index (Phi) is 8.66. The summed E-state index contributed by atoms with van der Waals surface area (Å²) >= 11 is 0. The number of carbonyl (C=O) groups excluding carboxylic acids is 3. The van der Waals surface area contributed by atoms with Crippen molar-refractivity contribution >= 4 is 23.4 Å². The lowest BCUT2D eigenvalue weighted by molar-refractivity contribution is -0.124. The molecule has 8 nitrogen and oxygen atoms in total. The second kappa shape index (κ2) is 12.7. The van der Waals surface area contributed by atoms with Crippen LogP contribution >= 0.6 is 0 Å². The number of nitrogens with one attached hydrogen (secondary N) is 1. The highest BCUT2D eigenvalue weighted by Gasteiger charge is 2.33. The minimum Gasteiger partial charge on any atom is -0.445 e. The van der Waals surface area contributed by atoms with Gasteiger partial charge in [-0.05, 0) is 48.1 Å². The Labute approximate surface area is 234 Å². The van der Waals surface area contributed by atoms with Crippen molar-refractivity contribution in [1.29, 1.82) is 0 Å². The lowest BCUT2D eigenvalue weighted by Gasteiger charge is -2.32. The number of Topliss-reactive ketones (excluding diaryl/α,β-unsaturated/α-hetero) is 2. The number of rotatable bonds is 10. The van der Waals surface area contributed by atoms with Gasteiger partial charge < -0.3 is 9.64 Å². The van der Waals surface area contributed by atoms with Crippen molar-refractivity contribution in [2.75, 3.05) is 20.2 Å². The zero-order valence-corrected chi connectivity index (χ0v) is 22.5. The van der Waals surface area contributed by atoms with Crippen molar-refractivity contribution in [1.82, 2.24) is 15.4 Å². The number of allylic oxidation sites excluding steroid dienone is 1. The molecule has 1 fully saturated rings. The van der Waals surface area contributed by atoms with Gasteiger partial charge in [-0.2, -0.15) is 0 Å². The van der Waals surface area contributed by atoms with Gasteiger partial charge in [-0.3, -0.25) is 24.9 Å². The van der Waals surface area contributed by atoms with Crippen molar-refractivity contribution < 1.29 is 24.0 Å². The Balaban J connectivity index is 1.30. The van der Waals surface area contributed by atoms with Crippen LogP contribution in [0.3, 0.4) is 0 Å². The molecule has 2 aromatic carbocycles. The fourth-order valence-electron chi connectivity index (χ4n) is 5.45. The minimum atomic E-state index is -0.639. The quantitative estimate of drug-likeness (QED) is 0.283. The molecule has 2 aliphatic rings. The highest BCUT2D eigenvalue weighted by atomic mass is 16.6. The maximum Gasteiger partial charge on any atom is 0.410 e. The molecule has 40 heavy (non-hydrogen) atoms. The monoisotopic (exact) mass is 539 g/mol. The largest absolute Gasteiger partial charge is 0.445 e. The summed E-state index contributed by atoms with van der Waals surface area (Å²) in [5.74, 6) is -1.13. The van der Waals surface area contributed by atoms with Gasteiger partial charge in [0.2, 0.25) is 0 Å². The standard InChI is InChI=1S/C32H33N3O5/c1-39-34-29-12-10-24-18-25(9-11-27(24)29)28(31(37)23-13-15-33-16-14-23)19-30(36)26-8-5-17-35(20-26)32(38)40-21-22-6-3-2-4-7-22/h2-4,6-7,9,11-16,18,26,28,34H,5,8,10,17,19-21H2,1H3. The smallest absolute Gasteiger partial charge is 0.410 e. The minimum absolute atomic E-state index is 0.0201. The first-order valence-corrected chi connectivity index (χ1v) is 13.6. The molecule has 0 spiro atoms. The number of carbonyl (C=O) groups is 3. The number of hydrogen-bond acceptors (Lipinski definition) is 7. The van der Waals surface area contributed by atoms with Crippen molar-refractivity contribution in [3.63, 3.8) is 0 Å². The number of hydroxylamine groups is 1. The molecule has 2 atom stereocenters. The number of benzene rings is 2. The molecule has 0 saturated carbocycles. The van der Waals surface area contributed by atoms with Crippen molar-refractivity contribution in [2.45, 2.75) is 38.2 Å². The Morgan fingerprint density at radius 3 is 2.65 bits per heavy atom. The molecule has 8 heteroatoms. The summed E-state index contributed by atoms with van der Waals surface area (Å²) in [7, 11) is 1.57. The van der Waals surface area contributed by atoms with E-state index in [9.17, 15) is 14.4 Å². The van der Waals surface area contributed by atoms with Crippen LogP contribution in [-0.4, -0.2) is 47.7 Å². The predicted octanol–water partition coefficient (Wildman–Crippen LogP) is 5.10. The molecule has 1 N–H and O–H groups in total. The van der Waals surface area contributed by atoms with E-state index in [-0.39, 0.29) is 30.5 Å². The van der Waals surface area contributed by atoms with E-state index in [1.807, 2.05) is 54.6 Å². The number of hydrogen-bond donors (Lipinski definition) is 1. The molecular formula is C32H33N3O5. The van der Waals surface area contributed by atoms with Crippen LogP contribution in [0.4, 0.5) is 4.79 Å². The van der Waals surface area contributed by atoms with Gasteiger partial charge in [0.25, 0.3) is 0 Å². The normalized spacial score (nSPS) is 17.0. The zero-order chi connectivity index (χ0) is 27.9. The molecule has 3 aromatic rings. The fourth-order valence-corrected chi connectivity index (χ4v) is 5.45. The summed E-state index contributed by atoms with van der Waals surface area (Å²) in [6.45, 7) is 1.03. The second-order valence-corrected chi connectivity index (χ2v) is 10.2. The topological polar surface area (TPSA) is 97.8 Å². The number of aromatic nitrogens is 1. The van der Waals surface area contributed by atoms with Crippen molar-refractivity contribution in [3.05, 3.63) is 107 Å². The first-order chi connectivity index (χ1) is 19.5. The van der Waals surface area contributed by atoms with Gasteiger partial charge in [0.15, 0.2) is 5.78 Å². The van der Waals surface area contributed by atoms with Crippen LogP contribution in [0.25, 0.3) is 5.70 Å². The van der Waals surface area contributed by atoms with E-state index in [4.69, 9.17) is 9.57 Å². The van der Waals surface area contributed by atoms with Gasteiger partial charge in [-0.1, -0.05) is 54.6 Å². The summed E-state index contributed by atoms with van der Waals surface area (Å²) in [5, 5.41) is 0. The molecule has 1 amide bonds. The molecule has 0 bridgehead atoms. The number of nitrogens with zero attached hydrogens (tertiary/aromatic N) is 2. The van der Waals surface area contributed by atoms with Crippen LogP contribution in [0.2, 0.25) is 0 Å². The van der Waals surface area contributed by atoms with Crippen LogP contribution in [0.1, 0.15) is 57.8 Å². The molecule has 2 heterocycles. The molecule has 0 radical (unpaired) electrons. The van der Waals surface area contributed by atoms with Crippen LogP contribution in [-0.2, 0) is 27.4 Å². The number of amides is 1. The molecular weight excluding hydrogens is 506 g/mol. The highest BCUT2D eigenvalue weighted by Crippen LogP contribution is 2.33. The third kappa shape index (κ3) is 6.29. The second-order valence-electron chi connectivity index (χ2n) is 10.2. The number of ether oxygens (including phenoxy) is 1. The Hall–Kier alpha value is -4.30. The molecule has 5 rings (SSSR count). The summed E-state index contributed by atoms with van der Waals surface area (Å²) in [4.78, 5) is 50.9. The fraction of sp³-hybridized carbons (Fsp3) is 0.312. The summed E-state index contributed by atoms with van der Waals surface area (Å²) in [5.41, 5.74) is 8.10. The average molecular weight is 540 g/mol. The Morgan fingerprint density at radius 1 is 1.07 bits per heavy atom. The van der Waals surface area contributed by atoms with E-state index in [0.717, 1.165) is 28.0 Å². The van der Waals surface area contributed by atoms with E-state index >= 15 is 0 Å². The molecule has 206 valence electrons. The van der Waals surface area contributed by atoms with Gasteiger partial charge >= 0.3 is 6.09 Å². The number of pyridine rings is 1. The number of ketones is 2. The maximum absolute atomic E-state index is 13.7. The van der Waals surface area contributed by atoms with E-state index in [1.165, 1.54) is 0 Å². The molecule has 2 unspecified atom stereocenters. The highest BCUT2D eigenvalue weighted by molar-refractivity contribution is 6.03. The Bertz CT molecular complexity index is 1390. The third-order valence-corrected chi connectivity index (χ3v) is 7.59. The van der Waals surface area contributed by atoms with Gasteiger partial charge in [-0.25, -0.2) is 4.79 Å². The van der Waals surface area contributed by atoms with Crippen molar-refractivity contribution in [3.8, 4) is 0 Å². The van der Waals surface area contributed by atoms with E-state index in [0.29, 0.717) is 37.9 Å². The van der Waals surface area contributed by atoms with Crippen LogP contribution in [0, 0.1) is 5.92 Å². The van der Waals surface area contributed by atoms with Crippen molar-refractivity contribution in [2.24, 2.45) is 5.92 Å². The van der Waals surface area contributed by atoms with Gasteiger partial charge in [0.1, 0.15) is 12.4 Å². The van der Waals surface area contributed by atoms with Crippen LogP contribution < -0.4 is 5.48 Å². The van der Waals surface area contributed by atoms with Gasteiger partial charge in [0, 0.05) is 48.9 Å². The van der Waals surface area contributed by atoms with Crippen LogP contribution in [0.5, 0.6) is 0 Å². The summed E-state index contributed by atoms with van der Waals surface area (Å²) in [6, 6.07) is 18.8. The maximum atomic E-state index is 13.7. The zero-order valence-electron chi connectivity index (χ0n) is 22.5. The number of piperidine rings is 1. The molecule has 1 aliphatic heterocycles. The first-order valence-electron chi connectivity index (χ1n) is 13.6. The SMILES string of the molecule is CONC1=CCc2cc(C(CC(=O)C3CCCN(C(=O)OCc4ccccc4)C3)C(=O)c3ccncc3)ccc21. The van der Waals surface area contributed by atoms with E-state index in [2.05, 4.69) is 10.5 Å². The summed E-state index contributed by atoms with van der Waals surface area (Å²) in [6.07, 6.45) is 6.95. The molecule has 1 aromatic heterocycles. The Morgan fingerprint density at radius 2 is 1.88 bits per heavy atom. The van der Waals surface area contributed by atoms with Crippen LogP contribution in [0.15, 0.2) is 79.1 Å². The lowest BCUT2D eigenvalue weighted by Crippen LogP contribution is -2.43. The predicted molar refractivity (Wildman–Crippen MR) is 150 cm³/mol. The summed E-state index contributed by atoms with van der Waals surface area (Å²) < 4.78 is 5.51. The average Bonchev–Trinajstić information content (AvgIpc) is 3.41. The molecule has 1 aliphatic carbocycles.